The highest BCUT2D eigenvalue weighted by atomic mass is 19.4. The van der Waals surface area contributed by atoms with Gasteiger partial charge in [0.2, 0.25) is 0 Å². The van der Waals surface area contributed by atoms with Gasteiger partial charge in [0.05, 0.1) is 5.56 Å². The summed E-state index contributed by atoms with van der Waals surface area (Å²) in [4.78, 5) is 6.86. The van der Waals surface area contributed by atoms with Gasteiger partial charge in [0.25, 0.3) is 0 Å². The number of pyridine rings is 1. The Labute approximate surface area is 107 Å². The highest BCUT2D eigenvalue weighted by molar-refractivity contribution is 5.99. The monoisotopic (exact) mass is 266 g/mol. The van der Waals surface area contributed by atoms with Crippen molar-refractivity contribution in [3.05, 3.63) is 59.9 Å². The van der Waals surface area contributed by atoms with Crippen LogP contribution in [-0.2, 0) is 6.18 Å². The third-order valence-electron chi connectivity index (χ3n) is 2.43. The number of H-pyrrole nitrogens is 1. The van der Waals surface area contributed by atoms with Gasteiger partial charge in [-0.2, -0.15) is 13.2 Å². The quantitative estimate of drug-likeness (QED) is 0.659. The molecule has 0 aliphatic heterocycles. The summed E-state index contributed by atoms with van der Waals surface area (Å²) >= 11 is 0. The van der Waals surface area contributed by atoms with E-state index in [9.17, 15) is 13.2 Å². The third-order valence-corrected chi connectivity index (χ3v) is 2.43. The Hall–Kier alpha value is -2.37. The first-order valence-corrected chi connectivity index (χ1v) is 5.45. The van der Waals surface area contributed by atoms with Crippen molar-refractivity contribution in [3.63, 3.8) is 0 Å². The molecular formula is C13H11F3N3+. The van der Waals surface area contributed by atoms with E-state index in [1.807, 2.05) is 0 Å². The molecule has 6 heteroatoms. The predicted octanol–water partition coefficient (Wildman–Crippen LogP) is 2.56. The molecule has 19 heavy (non-hydrogen) atoms. The molecule has 1 aromatic carbocycles. The van der Waals surface area contributed by atoms with Gasteiger partial charge in [0.15, 0.2) is 12.4 Å². The van der Waals surface area contributed by atoms with Crippen LogP contribution >= 0.6 is 0 Å². The van der Waals surface area contributed by atoms with Gasteiger partial charge in [-0.15, -0.1) is 0 Å². The van der Waals surface area contributed by atoms with Crippen molar-refractivity contribution in [1.82, 2.24) is 0 Å². The molecule has 0 atom stereocenters. The minimum Gasteiger partial charge on any atom is -0.383 e. The van der Waals surface area contributed by atoms with Crippen molar-refractivity contribution in [2.45, 2.75) is 6.18 Å². The zero-order valence-corrected chi connectivity index (χ0v) is 9.78. The molecule has 0 fully saturated rings. The van der Waals surface area contributed by atoms with Crippen molar-refractivity contribution in [1.29, 1.82) is 0 Å². The Morgan fingerprint density at radius 2 is 1.95 bits per heavy atom. The van der Waals surface area contributed by atoms with E-state index in [1.54, 1.807) is 24.5 Å². The topological polar surface area (TPSA) is 52.5 Å². The molecule has 3 nitrogen and oxygen atoms in total. The minimum atomic E-state index is -4.39. The molecule has 0 spiro atoms. The van der Waals surface area contributed by atoms with Gasteiger partial charge < -0.3 is 5.73 Å². The summed E-state index contributed by atoms with van der Waals surface area (Å²) in [6.07, 6.45) is -1.10. The van der Waals surface area contributed by atoms with Crippen molar-refractivity contribution in [2.24, 2.45) is 10.7 Å². The lowest BCUT2D eigenvalue weighted by molar-refractivity contribution is -0.377. The van der Waals surface area contributed by atoms with Crippen LogP contribution in [0.5, 0.6) is 0 Å². The standard InChI is InChI=1S/C13H10F3N3/c14-13(15,16)10-4-1-3-9(7-10)12(17)19-11-5-2-6-18-8-11/h1-8H,(H2,17,19)/p+1. The van der Waals surface area contributed by atoms with E-state index >= 15 is 0 Å². The zero-order valence-electron chi connectivity index (χ0n) is 9.78. The molecule has 0 saturated heterocycles. The lowest BCUT2D eigenvalue weighted by Gasteiger charge is -2.08. The van der Waals surface area contributed by atoms with Crippen LogP contribution in [0.1, 0.15) is 11.1 Å². The zero-order chi connectivity index (χ0) is 13.9. The van der Waals surface area contributed by atoms with Crippen molar-refractivity contribution in [3.8, 4) is 0 Å². The number of aromatic amines is 1. The average Bonchev–Trinajstić information content (AvgIpc) is 2.39. The van der Waals surface area contributed by atoms with E-state index in [2.05, 4.69) is 9.98 Å². The van der Waals surface area contributed by atoms with Crippen molar-refractivity contribution in [2.75, 3.05) is 0 Å². The van der Waals surface area contributed by atoms with Crippen molar-refractivity contribution >= 4 is 11.5 Å². The molecule has 0 bridgehead atoms. The average molecular weight is 266 g/mol. The van der Waals surface area contributed by atoms with E-state index < -0.39 is 11.7 Å². The van der Waals surface area contributed by atoms with Crippen LogP contribution in [0.15, 0.2) is 53.8 Å². The smallest absolute Gasteiger partial charge is 0.383 e. The number of alkyl halides is 3. The molecule has 0 aliphatic carbocycles. The number of rotatable bonds is 2. The van der Waals surface area contributed by atoms with Crippen LogP contribution in [0.4, 0.5) is 18.9 Å². The number of aromatic nitrogens is 1. The molecule has 0 radical (unpaired) electrons. The van der Waals surface area contributed by atoms with Gasteiger partial charge in [-0.05, 0) is 18.2 Å². The number of nitrogens with two attached hydrogens (primary N) is 1. The Morgan fingerprint density at radius 3 is 2.58 bits per heavy atom. The molecule has 0 saturated carbocycles. The van der Waals surface area contributed by atoms with Crippen LogP contribution < -0.4 is 10.7 Å². The van der Waals surface area contributed by atoms with Crippen LogP contribution in [0, 0.1) is 0 Å². The fraction of sp³-hybridized carbons (Fsp3) is 0.0769. The van der Waals surface area contributed by atoms with Crippen molar-refractivity contribution < 1.29 is 18.2 Å². The van der Waals surface area contributed by atoms with Crippen LogP contribution in [0.2, 0.25) is 0 Å². The summed E-state index contributed by atoms with van der Waals surface area (Å²) < 4.78 is 37.7. The summed E-state index contributed by atoms with van der Waals surface area (Å²) in [6, 6.07) is 8.17. The Bertz CT molecular complexity index is 592. The van der Waals surface area contributed by atoms with Crippen LogP contribution in [0.3, 0.4) is 0 Å². The van der Waals surface area contributed by atoms with E-state index in [4.69, 9.17) is 5.73 Å². The molecule has 0 aliphatic rings. The fourth-order valence-electron chi connectivity index (χ4n) is 1.51. The van der Waals surface area contributed by atoms with Gasteiger partial charge in [-0.1, -0.05) is 12.1 Å². The SMILES string of the molecule is NC(=Nc1ccc[nH+]c1)c1cccc(C(F)(F)F)c1. The van der Waals surface area contributed by atoms with E-state index in [1.165, 1.54) is 12.1 Å². The lowest BCUT2D eigenvalue weighted by atomic mass is 10.1. The number of nitrogens with zero attached hydrogens (tertiary/aromatic N) is 1. The highest BCUT2D eigenvalue weighted by Gasteiger charge is 2.30. The lowest BCUT2D eigenvalue weighted by Crippen LogP contribution is -2.15. The second kappa shape index (κ2) is 5.09. The Kier molecular flexibility index (Phi) is 3.50. The first-order chi connectivity index (χ1) is 8.97. The van der Waals surface area contributed by atoms with E-state index in [0.717, 1.165) is 12.1 Å². The maximum absolute atomic E-state index is 12.6. The molecule has 1 heterocycles. The van der Waals surface area contributed by atoms with E-state index in [0.29, 0.717) is 5.69 Å². The number of amidine groups is 1. The van der Waals surface area contributed by atoms with Gasteiger partial charge in [0, 0.05) is 11.6 Å². The number of aliphatic imine (C=N–C) groups is 1. The number of halogens is 3. The second-order valence-electron chi connectivity index (χ2n) is 3.84. The number of benzene rings is 1. The largest absolute Gasteiger partial charge is 0.416 e. The van der Waals surface area contributed by atoms with Crippen LogP contribution in [-0.4, -0.2) is 5.84 Å². The minimum absolute atomic E-state index is 0.0331. The van der Waals surface area contributed by atoms with Gasteiger partial charge in [0.1, 0.15) is 11.5 Å². The van der Waals surface area contributed by atoms with Gasteiger partial charge >= 0.3 is 6.18 Å². The molecule has 3 N–H and O–H groups in total. The maximum Gasteiger partial charge on any atom is 0.416 e. The summed E-state index contributed by atoms with van der Waals surface area (Å²) in [5.41, 5.74) is 5.73. The second-order valence-corrected chi connectivity index (χ2v) is 3.84. The van der Waals surface area contributed by atoms with Gasteiger partial charge in [-0.3, -0.25) is 0 Å². The molecular weight excluding hydrogens is 255 g/mol. The first kappa shape index (κ1) is 13.1. The number of nitrogens with one attached hydrogen (secondary N) is 1. The molecule has 0 unspecified atom stereocenters. The maximum atomic E-state index is 12.6. The first-order valence-electron chi connectivity index (χ1n) is 5.45. The van der Waals surface area contributed by atoms with Gasteiger partial charge in [-0.25, -0.2) is 9.98 Å². The summed E-state index contributed by atoms with van der Waals surface area (Å²) in [6.45, 7) is 0. The number of hydrogen-bond donors (Lipinski definition) is 1. The molecule has 0 amide bonds. The third kappa shape index (κ3) is 3.31. The molecule has 2 aromatic rings. The Morgan fingerprint density at radius 1 is 1.16 bits per heavy atom. The molecule has 1 aromatic heterocycles. The number of hydrogen-bond acceptors (Lipinski definition) is 1. The summed E-state index contributed by atoms with van der Waals surface area (Å²) in [7, 11) is 0. The predicted molar refractivity (Wildman–Crippen MR) is 64.8 cm³/mol. The normalized spacial score (nSPS) is 12.5. The molecule has 2 rings (SSSR count). The highest BCUT2D eigenvalue weighted by Crippen LogP contribution is 2.29. The Balaban J connectivity index is 2.35. The fourth-order valence-corrected chi connectivity index (χ4v) is 1.51. The van der Waals surface area contributed by atoms with E-state index in [-0.39, 0.29) is 11.4 Å². The summed E-state index contributed by atoms with van der Waals surface area (Å²) in [5.74, 6) is 0.0331. The van der Waals surface area contributed by atoms with Crippen LogP contribution in [0.25, 0.3) is 0 Å². The molecule has 98 valence electrons. The summed E-state index contributed by atoms with van der Waals surface area (Å²) in [5, 5.41) is 0.